The molecule has 94 valence electrons. The molecule has 0 aliphatic heterocycles. The number of carbonyl (C=O) groups excluding carboxylic acids is 1. The lowest BCUT2D eigenvalue weighted by Crippen LogP contribution is -2.31. The van der Waals surface area contributed by atoms with Crippen molar-refractivity contribution < 1.29 is 4.79 Å². The van der Waals surface area contributed by atoms with E-state index in [9.17, 15) is 4.79 Å². The maximum Gasteiger partial charge on any atom is 0.251 e. The van der Waals surface area contributed by atoms with E-state index in [2.05, 4.69) is 37.2 Å². The summed E-state index contributed by atoms with van der Waals surface area (Å²) < 4.78 is 1.73. The topological polar surface area (TPSA) is 29.1 Å². The van der Waals surface area contributed by atoms with Crippen molar-refractivity contribution in [2.75, 3.05) is 6.54 Å². The highest BCUT2D eigenvalue weighted by atomic mass is 79.9. The van der Waals surface area contributed by atoms with Crippen molar-refractivity contribution >= 4 is 49.4 Å². The van der Waals surface area contributed by atoms with Gasteiger partial charge in [-0.05, 0) is 24.1 Å². The molecule has 0 aliphatic carbocycles. The normalized spacial score (nSPS) is 12.6. The maximum absolute atomic E-state index is 11.9. The van der Waals surface area contributed by atoms with Gasteiger partial charge in [0.15, 0.2) is 0 Å². The summed E-state index contributed by atoms with van der Waals surface area (Å²) in [5, 5.41) is 2.78. The SMILES string of the molecule is CC(C)C(Cl)CNC(=O)c1cc(Br)cc(Br)c1. The largest absolute Gasteiger partial charge is 0.351 e. The molecule has 1 rings (SSSR count). The van der Waals surface area contributed by atoms with Crippen LogP contribution in [0.25, 0.3) is 0 Å². The molecule has 1 unspecified atom stereocenters. The average molecular weight is 384 g/mol. The van der Waals surface area contributed by atoms with Gasteiger partial charge in [-0.3, -0.25) is 4.79 Å². The molecule has 0 saturated carbocycles. The summed E-state index contributed by atoms with van der Waals surface area (Å²) in [4.78, 5) is 11.9. The summed E-state index contributed by atoms with van der Waals surface area (Å²) >= 11 is 12.8. The molecular weight excluding hydrogens is 369 g/mol. The van der Waals surface area contributed by atoms with E-state index in [-0.39, 0.29) is 11.3 Å². The van der Waals surface area contributed by atoms with Crippen LogP contribution in [0.3, 0.4) is 0 Å². The van der Waals surface area contributed by atoms with Crippen LogP contribution >= 0.6 is 43.5 Å². The lowest BCUT2D eigenvalue weighted by molar-refractivity contribution is 0.0952. The van der Waals surface area contributed by atoms with E-state index in [0.717, 1.165) is 8.95 Å². The van der Waals surface area contributed by atoms with Gasteiger partial charge in [-0.15, -0.1) is 11.6 Å². The number of hydrogen-bond acceptors (Lipinski definition) is 1. The van der Waals surface area contributed by atoms with Crippen LogP contribution in [-0.2, 0) is 0 Å². The number of halogens is 3. The molecule has 1 aromatic carbocycles. The molecule has 0 saturated heterocycles. The highest BCUT2D eigenvalue weighted by molar-refractivity contribution is 9.11. The summed E-state index contributed by atoms with van der Waals surface area (Å²) in [7, 11) is 0. The maximum atomic E-state index is 11.9. The smallest absolute Gasteiger partial charge is 0.251 e. The number of nitrogens with one attached hydrogen (secondary N) is 1. The Labute approximate surface area is 123 Å². The van der Waals surface area contributed by atoms with E-state index in [1.54, 1.807) is 12.1 Å². The van der Waals surface area contributed by atoms with Crippen LogP contribution in [0.5, 0.6) is 0 Å². The fourth-order valence-corrected chi connectivity index (χ4v) is 2.58. The summed E-state index contributed by atoms with van der Waals surface area (Å²) in [6, 6.07) is 5.44. The van der Waals surface area contributed by atoms with Gasteiger partial charge < -0.3 is 5.32 Å². The van der Waals surface area contributed by atoms with Crippen molar-refractivity contribution in [3.05, 3.63) is 32.7 Å². The van der Waals surface area contributed by atoms with Crippen molar-refractivity contribution in [1.29, 1.82) is 0 Å². The van der Waals surface area contributed by atoms with Crippen LogP contribution in [0.2, 0.25) is 0 Å². The van der Waals surface area contributed by atoms with Gasteiger partial charge in [0.2, 0.25) is 0 Å². The van der Waals surface area contributed by atoms with Crippen LogP contribution in [-0.4, -0.2) is 17.8 Å². The molecule has 0 bridgehead atoms. The fourth-order valence-electron chi connectivity index (χ4n) is 1.21. The molecule has 1 amide bonds. The zero-order valence-corrected chi connectivity index (χ0v) is 13.6. The first-order chi connectivity index (χ1) is 7.90. The molecule has 0 fully saturated rings. The van der Waals surface area contributed by atoms with Gasteiger partial charge in [-0.2, -0.15) is 0 Å². The zero-order chi connectivity index (χ0) is 13.0. The highest BCUT2D eigenvalue weighted by Crippen LogP contribution is 2.20. The third-order valence-corrected chi connectivity index (χ3v) is 3.88. The minimum atomic E-state index is -0.113. The fraction of sp³-hybridized carbons (Fsp3) is 0.417. The van der Waals surface area contributed by atoms with Crippen molar-refractivity contribution in [3.8, 4) is 0 Å². The molecule has 1 atom stereocenters. The molecule has 0 aromatic heterocycles. The summed E-state index contributed by atoms with van der Waals surface area (Å²) in [5.41, 5.74) is 0.610. The van der Waals surface area contributed by atoms with Gasteiger partial charge >= 0.3 is 0 Å². The van der Waals surface area contributed by atoms with E-state index in [1.165, 1.54) is 0 Å². The Morgan fingerprint density at radius 1 is 1.29 bits per heavy atom. The molecule has 5 heteroatoms. The molecular formula is C12H14Br2ClNO. The number of benzene rings is 1. The minimum absolute atomic E-state index is 0.0467. The standard InChI is InChI=1S/C12H14Br2ClNO/c1-7(2)11(15)6-16-12(17)8-3-9(13)5-10(14)4-8/h3-5,7,11H,6H2,1-2H3,(H,16,17). The molecule has 0 heterocycles. The monoisotopic (exact) mass is 381 g/mol. The Kier molecular flexibility index (Phi) is 5.97. The summed E-state index contributed by atoms with van der Waals surface area (Å²) in [6.45, 7) is 4.53. The number of amides is 1. The third-order valence-electron chi connectivity index (χ3n) is 2.31. The Hall–Kier alpha value is -0.0600. The first kappa shape index (κ1) is 15.0. The Balaban J connectivity index is 2.64. The predicted octanol–water partition coefficient (Wildman–Crippen LogP) is 4.20. The van der Waals surface area contributed by atoms with E-state index >= 15 is 0 Å². The minimum Gasteiger partial charge on any atom is -0.351 e. The molecule has 2 nitrogen and oxygen atoms in total. The van der Waals surface area contributed by atoms with Crippen molar-refractivity contribution in [3.63, 3.8) is 0 Å². The molecule has 17 heavy (non-hydrogen) atoms. The zero-order valence-electron chi connectivity index (χ0n) is 9.64. The Morgan fingerprint density at radius 3 is 2.29 bits per heavy atom. The van der Waals surface area contributed by atoms with Crippen LogP contribution < -0.4 is 5.32 Å². The van der Waals surface area contributed by atoms with Crippen LogP contribution in [0.4, 0.5) is 0 Å². The second kappa shape index (κ2) is 6.76. The average Bonchev–Trinajstić information content (AvgIpc) is 2.23. The second-order valence-corrected chi connectivity index (χ2v) is 6.52. The van der Waals surface area contributed by atoms with Crippen molar-refractivity contribution in [2.45, 2.75) is 19.2 Å². The van der Waals surface area contributed by atoms with Crippen LogP contribution in [0.15, 0.2) is 27.1 Å². The van der Waals surface area contributed by atoms with E-state index in [0.29, 0.717) is 18.0 Å². The number of rotatable bonds is 4. The van der Waals surface area contributed by atoms with E-state index < -0.39 is 0 Å². The lowest BCUT2D eigenvalue weighted by Gasteiger charge is -2.14. The summed E-state index contributed by atoms with van der Waals surface area (Å²) in [5.74, 6) is 0.226. The molecule has 1 N–H and O–H groups in total. The van der Waals surface area contributed by atoms with Crippen LogP contribution in [0, 0.1) is 5.92 Å². The Morgan fingerprint density at radius 2 is 1.82 bits per heavy atom. The van der Waals surface area contributed by atoms with Gasteiger partial charge in [0.1, 0.15) is 0 Å². The van der Waals surface area contributed by atoms with Crippen molar-refractivity contribution in [2.24, 2.45) is 5.92 Å². The van der Waals surface area contributed by atoms with Gasteiger partial charge in [0.05, 0.1) is 5.38 Å². The van der Waals surface area contributed by atoms with E-state index in [1.807, 2.05) is 19.9 Å². The first-order valence-corrected chi connectivity index (χ1v) is 7.30. The number of carbonyl (C=O) groups is 1. The number of alkyl halides is 1. The van der Waals surface area contributed by atoms with Gasteiger partial charge in [-0.25, -0.2) is 0 Å². The quantitative estimate of drug-likeness (QED) is 0.776. The molecule has 0 spiro atoms. The second-order valence-electron chi connectivity index (χ2n) is 4.13. The van der Waals surface area contributed by atoms with Crippen molar-refractivity contribution in [1.82, 2.24) is 5.32 Å². The van der Waals surface area contributed by atoms with Gasteiger partial charge in [-0.1, -0.05) is 45.7 Å². The molecule has 0 aliphatic rings. The lowest BCUT2D eigenvalue weighted by atomic mass is 10.1. The van der Waals surface area contributed by atoms with Crippen LogP contribution in [0.1, 0.15) is 24.2 Å². The number of hydrogen-bond donors (Lipinski definition) is 1. The highest BCUT2D eigenvalue weighted by Gasteiger charge is 2.12. The molecule has 0 radical (unpaired) electrons. The Bertz CT molecular complexity index is 389. The van der Waals surface area contributed by atoms with Gasteiger partial charge in [0.25, 0.3) is 5.91 Å². The van der Waals surface area contributed by atoms with Gasteiger partial charge in [0, 0.05) is 21.1 Å². The third kappa shape index (κ3) is 4.98. The first-order valence-electron chi connectivity index (χ1n) is 5.28. The molecule has 1 aromatic rings. The van der Waals surface area contributed by atoms with E-state index in [4.69, 9.17) is 11.6 Å². The predicted molar refractivity (Wildman–Crippen MR) is 78.7 cm³/mol. The summed E-state index contributed by atoms with van der Waals surface area (Å²) in [6.07, 6.45) is 0.